The maximum absolute atomic E-state index is 13.3. The number of hydrogen-bond acceptors (Lipinski definition) is 1. The van der Waals surface area contributed by atoms with Crippen molar-refractivity contribution in [2.24, 2.45) is 0 Å². The smallest absolute Gasteiger partial charge is 0.290 e. The number of imidazole rings is 1. The number of pyridine rings is 1. The SMILES string of the molecule is FC(F)(F)c1c(C#Cc2ccccc2)ccn2c(Cl)cnc12. The van der Waals surface area contributed by atoms with Crippen LogP contribution >= 0.6 is 11.6 Å². The van der Waals surface area contributed by atoms with Crippen molar-refractivity contribution in [2.75, 3.05) is 0 Å². The Morgan fingerprint density at radius 2 is 1.77 bits per heavy atom. The van der Waals surface area contributed by atoms with Crippen LogP contribution in [-0.2, 0) is 6.18 Å². The average molecular weight is 321 g/mol. The van der Waals surface area contributed by atoms with E-state index >= 15 is 0 Å². The molecular formula is C16H8ClF3N2. The van der Waals surface area contributed by atoms with E-state index in [9.17, 15) is 13.2 Å². The van der Waals surface area contributed by atoms with Crippen LogP contribution in [-0.4, -0.2) is 9.38 Å². The summed E-state index contributed by atoms with van der Waals surface area (Å²) >= 11 is 5.82. The van der Waals surface area contributed by atoms with E-state index in [4.69, 9.17) is 11.6 Å². The summed E-state index contributed by atoms with van der Waals surface area (Å²) < 4.78 is 41.2. The molecule has 0 aliphatic carbocycles. The van der Waals surface area contributed by atoms with Crippen molar-refractivity contribution in [1.29, 1.82) is 0 Å². The highest BCUT2D eigenvalue weighted by molar-refractivity contribution is 6.29. The summed E-state index contributed by atoms with van der Waals surface area (Å²) in [6, 6.07) is 10.1. The van der Waals surface area contributed by atoms with Gasteiger partial charge in [0.15, 0.2) is 5.65 Å². The van der Waals surface area contributed by atoms with Crippen molar-refractivity contribution in [3.05, 3.63) is 70.6 Å². The van der Waals surface area contributed by atoms with Crippen LogP contribution in [0.5, 0.6) is 0 Å². The average Bonchev–Trinajstić information content (AvgIpc) is 2.86. The quantitative estimate of drug-likeness (QED) is 0.561. The molecule has 1 aromatic carbocycles. The van der Waals surface area contributed by atoms with Gasteiger partial charge in [0.05, 0.1) is 6.20 Å². The van der Waals surface area contributed by atoms with Crippen LogP contribution in [0.3, 0.4) is 0 Å². The fourth-order valence-corrected chi connectivity index (χ4v) is 2.25. The van der Waals surface area contributed by atoms with Crippen LogP contribution in [0.4, 0.5) is 13.2 Å². The Morgan fingerprint density at radius 1 is 1.05 bits per heavy atom. The van der Waals surface area contributed by atoms with Gasteiger partial charge in [-0.25, -0.2) is 4.98 Å². The molecule has 110 valence electrons. The van der Waals surface area contributed by atoms with Crippen molar-refractivity contribution in [1.82, 2.24) is 9.38 Å². The van der Waals surface area contributed by atoms with E-state index in [0.29, 0.717) is 5.56 Å². The van der Waals surface area contributed by atoms with Crippen molar-refractivity contribution < 1.29 is 13.2 Å². The van der Waals surface area contributed by atoms with Crippen LogP contribution in [0.15, 0.2) is 48.8 Å². The Hall–Kier alpha value is -2.45. The Kier molecular flexibility index (Phi) is 3.55. The van der Waals surface area contributed by atoms with Crippen molar-refractivity contribution >= 4 is 17.2 Å². The number of rotatable bonds is 0. The first kappa shape index (κ1) is 14.5. The van der Waals surface area contributed by atoms with E-state index in [1.165, 1.54) is 22.9 Å². The second kappa shape index (κ2) is 5.39. The summed E-state index contributed by atoms with van der Waals surface area (Å²) in [5.74, 6) is 5.30. The Balaban J connectivity index is 2.20. The molecule has 0 spiro atoms. The second-order valence-electron chi connectivity index (χ2n) is 4.49. The Morgan fingerprint density at radius 3 is 2.45 bits per heavy atom. The lowest BCUT2D eigenvalue weighted by atomic mass is 10.1. The molecule has 0 aliphatic heterocycles. The summed E-state index contributed by atoms with van der Waals surface area (Å²) in [4.78, 5) is 3.74. The zero-order valence-corrected chi connectivity index (χ0v) is 11.8. The molecular weight excluding hydrogens is 313 g/mol. The van der Waals surface area contributed by atoms with E-state index in [2.05, 4.69) is 16.8 Å². The number of benzene rings is 1. The van der Waals surface area contributed by atoms with Gasteiger partial charge in [0.25, 0.3) is 0 Å². The van der Waals surface area contributed by atoms with Gasteiger partial charge in [-0.15, -0.1) is 0 Å². The number of halogens is 4. The zero-order chi connectivity index (χ0) is 15.7. The Labute approximate surface area is 129 Å². The number of nitrogens with zero attached hydrogens (tertiary/aromatic N) is 2. The molecule has 0 bridgehead atoms. The van der Waals surface area contributed by atoms with E-state index in [1.807, 2.05) is 6.07 Å². The third kappa shape index (κ3) is 2.66. The van der Waals surface area contributed by atoms with Gasteiger partial charge in [0.1, 0.15) is 10.7 Å². The molecule has 0 aliphatic rings. The van der Waals surface area contributed by atoms with Gasteiger partial charge in [-0.3, -0.25) is 4.40 Å². The first-order chi connectivity index (χ1) is 10.5. The fourth-order valence-electron chi connectivity index (χ4n) is 2.06. The van der Waals surface area contributed by atoms with Crippen LogP contribution < -0.4 is 0 Å². The molecule has 6 heteroatoms. The van der Waals surface area contributed by atoms with E-state index in [1.54, 1.807) is 24.3 Å². The van der Waals surface area contributed by atoms with Crippen molar-refractivity contribution in [3.63, 3.8) is 0 Å². The molecule has 3 rings (SSSR count). The van der Waals surface area contributed by atoms with E-state index in [-0.39, 0.29) is 16.4 Å². The van der Waals surface area contributed by atoms with Gasteiger partial charge in [-0.1, -0.05) is 41.6 Å². The predicted octanol–water partition coefficient (Wildman–Crippen LogP) is 4.41. The minimum absolute atomic E-state index is 0.114. The fraction of sp³-hybridized carbons (Fsp3) is 0.0625. The maximum Gasteiger partial charge on any atom is 0.421 e. The molecule has 2 heterocycles. The molecule has 0 unspecified atom stereocenters. The second-order valence-corrected chi connectivity index (χ2v) is 4.88. The van der Waals surface area contributed by atoms with Crippen LogP contribution in [0.25, 0.3) is 5.65 Å². The van der Waals surface area contributed by atoms with Gasteiger partial charge in [0.2, 0.25) is 0 Å². The first-order valence-corrected chi connectivity index (χ1v) is 6.64. The lowest BCUT2D eigenvalue weighted by Gasteiger charge is -2.10. The van der Waals surface area contributed by atoms with Crippen molar-refractivity contribution in [2.45, 2.75) is 6.18 Å². The monoisotopic (exact) mass is 320 g/mol. The van der Waals surface area contributed by atoms with Crippen molar-refractivity contribution in [3.8, 4) is 11.8 Å². The molecule has 0 saturated heterocycles. The minimum Gasteiger partial charge on any atom is -0.290 e. The van der Waals surface area contributed by atoms with Gasteiger partial charge >= 0.3 is 6.18 Å². The van der Waals surface area contributed by atoms with Crippen LogP contribution in [0.1, 0.15) is 16.7 Å². The van der Waals surface area contributed by atoms with Crippen LogP contribution in [0.2, 0.25) is 5.15 Å². The lowest BCUT2D eigenvalue weighted by Crippen LogP contribution is -2.10. The molecule has 0 N–H and O–H groups in total. The lowest BCUT2D eigenvalue weighted by molar-refractivity contribution is -0.136. The number of aromatic nitrogens is 2. The third-order valence-electron chi connectivity index (χ3n) is 3.03. The van der Waals surface area contributed by atoms with E-state index in [0.717, 1.165) is 0 Å². The molecule has 3 aromatic rings. The molecule has 0 radical (unpaired) electrons. The Bertz CT molecular complexity index is 887. The molecule has 0 fully saturated rings. The molecule has 2 nitrogen and oxygen atoms in total. The van der Waals surface area contributed by atoms with Gasteiger partial charge in [-0.2, -0.15) is 13.2 Å². The minimum atomic E-state index is -4.57. The number of alkyl halides is 3. The first-order valence-electron chi connectivity index (χ1n) is 6.26. The summed E-state index contributed by atoms with van der Waals surface area (Å²) in [7, 11) is 0. The highest BCUT2D eigenvalue weighted by atomic mass is 35.5. The summed E-state index contributed by atoms with van der Waals surface area (Å²) in [6.07, 6.45) is -1.96. The normalized spacial score (nSPS) is 11.3. The van der Waals surface area contributed by atoms with Gasteiger partial charge in [0, 0.05) is 17.3 Å². The standard InChI is InChI=1S/C16H8ClF3N2/c17-13-10-21-15-14(16(18,19)20)12(8-9-22(13)15)7-6-11-4-2-1-3-5-11/h1-5,8-10H. The van der Waals surface area contributed by atoms with Crippen LogP contribution in [0, 0.1) is 11.8 Å². The topological polar surface area (TPSA) is 17.3 Å². The third-order valence-corrected chi connectivity index (χ3v) is 3.31. The largest absolute Gasteiger partial charge is 0.421 e. The summed E-state index contributed by atoms with van der Waals surface area (Å²) in [5.41, 5.74) is -0.634. The molecule has 2 aromatic heterocycles. The predicted molar refractivity (Wildman–Crippen MR) is 77.6 cm³/mol. The summed E-state index contributed by atoms with van der Waals surface area (Å²) in [6.45, 7) is 0. The molecule has 0 amide bonds. The highest BCUT2D eigenvalue weighted by Gasteiger charge is 2.36. The number of hydrogen-bond donors (Lipinski definition) is 0. The summed E-state index contributed by atoms with van der Waals surface area (Å²) in [5, 5.41) is 0.114. The zero-order valence-electron chi connectivity index (χ0n) is 11.0. The van der Waals surface area contributed by atoms with Gasteiger partial charge in [-0.05, 0) is 18.2 Å². The highest BCUT2D eigenvalue weighted by Crippen LogP contribution is 2.35. The van der Waals surface area contributed by atoms with Gasteiger partial charge < -0.3 is 0 Å². The number of fused-ring (bicyclic) bond motifs is 1. The molecule has 0 atom stereocenters. The molecule has 0 saturated carbocycles. The van der Waals surface area contributed by atoms with E-state index < -0.39 is 11.7 Å². The molecule has 22 heavy (non-hydrogen) atoms. The maximum atomic E-state index is 13.3.